The topological polar surface area (TPSA) is 49.4 Å². The SMILES string of the molecule is CC1(C)NC(=O)C(Cc2ccccc2)N(CCF)C1=O. The predicted molar refractivity (Wildman–Crippen MR) is 73.8 cm³/mol. The average molecular weight is 278 g/mol. The molecule has 0 aromatic heterocycles. The number of amides is 2. The molecule has 1 aliphatic heterocycles. The second-order valence-corrected chi connectivity index (χ2v) is 5.51. The highest BCUT2D eigenvalue weighted by molar-refractivity contribution is 5.99. The fraction of sp³-hybridized carbons (Fsp3) is 0.467. The molecular weight excluding hydrogens is 259 g/mol. The maximum atomic E-state index is 12.7. The van der Waals surface area contributed by atoms with Crippen LogP contribution in [0, 0.1) is 0 Å². The Hall–Kier alpha value is -1.91. The van der Waals surface area contributed by atoms with Crippen LogP contribution in [0.4, 0.5) is 4.39 Å². The van der Waals surface area contributed by atoms with Crippen molar-refractivity contribution in [1.29, 1.82) is 0 Å². The molecule has 0 saturated carbocycles. The van der Waals surface area contributed by atoms with Crippen molar-refractivity contribution in [2.45, 2.75) is 31.8 Å². The Morgan fingerprint density at radius 3 is 2.50 bits per heavy atom. The lowest BCUT2D eigenvalue weighted by molar-refractivity contribution is -0.153. The van der Waals surface area contributed by atoms with Gasteiger partial charge in [-0.3, -0.25) is 9.59 Å². The lowest BCUT2D eigenvalue weighted by Gasteiger charge is -2.42. The van der Waals surface area contributed by atoms with Crippen LogP contribution in [0.15, 0.2) is 30.3 Å². The van der Waals surface area contributed by atoms with Crippen LogP contribution >= 0.6 is 0 Å². The summed E-state index contributed by atoms with van der Waals surface area (Å²) in [4.78, 5) is 25.9. The number of nitrogens with zero attached hydrogens (tertiary/aromatic N) is 1. The van der Waals surface area contributed by atoms with E-state index in [9.17, 15) is 14.0 Å². The largest absolute Gasteiger partial charge is 0.340 e. The number of halogens is 1. The molecule has 1 N–H and O–H groups in total. The Bertz CT molecular complexity index is 502. The van der Waals surface area contributed by atoms with E-state index in [0.29, 0.717) is 6.42 Å². The van der Waals surface area contributed by atoms with E-state index in [4.69, 9.17) is 0 Å². The molecule has 0 aliphatic carbocycles. The van der Waals surface area contributed by atoms with E-state index in [-0.39, 0.29) is 18.4 Å². The molecule has 1 aliphatic rings. The molecule has 0 spiro atoms. The number of piperazine rings is 1. The summed E-state index contributed by atoms with van der Waals surface area (Å²) in [7, 11) is 0. The zero-order valence-electron chi connectivity index (χ0n) is 11.7. The van der Waals surface area contributed by atoms with Gasteiger partial charge in [0.2, 0.25) is 11.8 Å². The monoisotopic (exact) mass is 278 g/mol. The van der Waals surface area contributed by atoms with Gasteiger partial charge in [0.1, 0.15) is 18.3 Å². The molecule has 2 rings (SSSR count). The van der Waals surface area contributed by atoms with E-state index in [1.807, 2.05) is 30.3 Å². The number of alkyl halides is 1. The second-order valence-electron chi connectivity index (χ2n) is 5.51. The summed E-state index contributed by atoms with van der Waals surface area (Å²) >= 11 is 0. The van der Waals surface area contributed by atoms with Gasteiger partial charge < -0.3 is 10.2 Å². The maximum Gasteiger partial charge on any atom is 0.248 e. The van der Waals surface area contributed by atoms with E-state index in [0.717, 1.165) is 5.56 Å². The van der Waals surface area contributed by atoms with Crippen molar-refractivity contribution in [3.63, 3.8) is 0 Å². The molecule has 4 nitrogen and oxygen atoms in total. The Balaban J connectivity index is 2.24. The van der Waals surface area contributed by atoms with Crippen molar-refractivity contribution < 1.29 is 14.0 Å². The van der Waals surface area contributed by atoms with Gasteiger partial charge in [0, 0.05) is 13.0 Å². The van der Waals surface area contributed by atoms with E-state index in [1.165, 1.54) is 4.90 Å². The van der Waals surface area contributed by atoms with Crippen molar-refractivity contribution in [3.05, 3.63) is 35.9 Å². The number of nitrogens with one attached hydrogen (secondary N) is 1. The minimum absolute atomic E-state index is 0.0484. The number of carbonyl (C=O) groups excluding carboxylic acids is 2. The van der Waals surface area contributed by atoms with Gasteiger partial charge in [-0.2, -0.15) is 0 Å². The van der Waals surface area contributed by atoms with E-state index >= 15 is 0 Å². The fourth-order valence-corrected chi connectivity index (χ4v) is 2.48. The highest BCUT2D eigenvalue weighted by atomic mass is 19.1. The molecule has 108 valence electrons. The number of hydrogen-bond donors (Lipinski definition) is 1. The molecule has 0 radical (unpaired) electrons. The minimum atomic E-state index is -0.973. The minimum Gasteiger partial charge on any atom is -0.340 e. The van der Waals surface area contributed by atoms with Gasteiger partial charge in [-0.25, -0.2) is 4.39 Å². The smallest absolute Gasteiger partial charge is 0.248 e. The Labute approximate surface area is 118 Å². The molecule has 1 saturated heterocycles. The fourth-order valence-electron chi connectivity index (χ4n) is 2.48. The quantitative estimate of drug-likeness (QED) is 0.902. The molecule has 2 amide bonds. The van der Waals surface area contributed by atoms with Crippen molar-refractivity contribution in [1.82, 2.24) is 10.2 Å². The molecule has 5 heteroatoms. The van der Waals surface area contributed by atoms with Gasteiger partial charge in [-0.15, -0.1) is 0 Å². The third-order valence-electron chi connectivity index (χ3n) is 3.51. The van der Waals surface area contributed by atoms with Crippen LogP contribution in [0.1, 0.15) is 19.4 Å². The third kappa shape index (κ3) is 2.81. The van der Waals surface area contributed by atoms with Crippen LogP contribution in [0.25, 0.3) is 0 Å². The Kier molecular flexibility index (Phi) is 4.06. The molecule has 0 bridgehead atoms. The molecule has 1 heterocycles. The number of carbonyl (C=O) groups is 2. The number of hydrogen-bond acceptors (Lipinski definition) is 2. The molecule has 20 heavy (non-hydrogen) atoms. The van der Waals surface area contributed by atoms with Gasteiger partial charge >= 0.3 is 0 Å². The van der Waals surface area contributed by atoms with E-state index in [1.54, 1.807) is 13.8 Å². The van der Waals surface area contributed by atoms with Crippen LogP contribution in [0.3, 0.4) is 0 Å². The normalized spacial score (nSPS) is 21.8. The van der Waals surface area contributed by atoms with Crippen LogP contribution in [0.5, 0.6) is 0 Å². The molecule has 1 aromatic carbocycles. The number of benzene rings is 1. The van der Waals surface area contributed by atoms with Crippen LogP contribution in [-0.4, -0.2) is 41.5 Å². The molecular formula is C15H19FN2O2. The van der Waals surface area contributed by atoms with Gasteiger partial charge in [-0.1, -0.05) is 30.3 Å². The van der Waals surface area contributed by atoms with Crippen molar-refractivity contribution in [3.8, 4) is 0 Å². The summed E-state index contributed by atoms with van der Waals surface area (Å²) in [6, 6.07) is 8.78. The Morgan fingerprint density at radius 1 is 1.25 bits per heavy atom. The third-order valence-corrected chi connectivity index (χ3v) is 3.51. The highest BCUT2D eigenvalue weighted by Crippen LogP contribution is 2.20. The zero-order valence-corrected chi connectivity index (χ0v) is 11.7. The number of rotatable bonds is 4. The van der Waals surface area contributed by atoms with Gasteiger partial charge in [0.25, 0.3) is 0 Å². The molecule has 1 fully saturated rings. The lowest BCUT2D eigenvalue weighted by Crippen LogP contribution is -2.68. The summed E-state index contributed by atoms with van der Waals surface area (Å²) < 4.78 is 12.7. The summed E-state index contributed by atoms with van der Waals surface area (Å²) in [5, 5.41) is 2.71. The van der Waals surface area contributed by atoms with Crippen molar-refractivity contribution >= 4 is 11.8 Å². The summed E-state index contributed by atoms with van der Waals surface area (Å²) in [6.07, 6.45) is 0.397. The summed E-state index contributed by atoms with van der Waals surface area (Å²) in [5.74, 6) is -0.470. The lowest BCUT2D eigenvalue weighted by atomic mass is 9.93. The first-order valence-electron chi connectivity index (χ1n) is 6.68. The summed E-state index contributed by atoms with van der Waals surface area (Å²) in [5.41, 5.74) is -0.0246. The zero-order chi connectivity index (χ0) is 14.8. The van der Waals surface area contributed by atoms with Crippen LogP contribution in [0.2, 0.25) is 0 Å². The van der Waals surface area contributed by atoms with Crippen LogP contribution < -0.4 is 5.32 Å². The highest BCUT2D eigenvalue weighted by Gasteiger charge is 2.44. The van der Waals surface area contributed by atoms with Crippen LogP contribution in [-0.2, 0) is 16.0 Å². The average Bonchev–Trinajstić information content (AvgIpc) is 2.41. The van der Waals surface area contributed by atoms with Gasteiger partial charge in [0.05, 0.1) is 0 Å². The van der Waals surface area contributed by atoms with Gasteiger partial charge in [-0.05, 0) is 19.4 Å². The van der Waals surface area contributed by atoms with Crippen molar-refractivity contribution in [2.75, 3.05) is 13.2 Å². The maximum absolute atomic E-state index is 12.7. The first kappa shape index (κ1) is 14.5. The first-order chi connectivity index (χ1) is 9.45. The van der Waals surface area contributed by atoms with Gasteiger partial charge in [0.15, 0.2) is 0 Å². The standard InChI is InChI=1S/C15H19FN2O2/c1-15(2)14(20)18(9-8-16)12(13(19)17-15)10-11-6-4-3-5-7-11/h3-7,12H,8-10H2,1-2H3,(H,17,19). The van der Waals surface area contributed by atoms with Crippen molar-refractivity contribution in [2.24, 2.45) is 0 Å². The predicted octanol–water partition coefficient (Wildman–Crippen LogP) is 1.30. The van der Waals surface area contributed by atoms with E-state index < -0.39 is 18.3 Å². The Morgan fingerprint density at radius 2 is 1.90 bits per heavy atom. The van der Waals surface area contributed by atoms with E-state index in [2.05, 4.69) is 5.32 Å². The second kappa shape index (κ2) is 5.61. The summed E-state index contributed by atoms with van der Waals surface area (Å²) in [6.45, 7) is 2.57. The molecule has 1 atom stereocenters. The first-order valence-corrected chi connectivity index (χ1v) is 6.68. The molecule has 1 aromatic rings. The molecule has 1 unspecified atom stereocenters.